The molecule has 0 radical (unpaired) electrons. The fourth-order valence-electron chi connectivity index (χ4n) is 1.97. The molecule has 0 fully saturated rings. The molecule has 5 heteroatoms. The van der Waals surface area contributed by atoms with Crippen LogP contribution in [-0.4, -0.2) is 21.3 Å². The van der Waals surface area contributed by atoms with Crippen LogP contribution >= 0.6 is 11.6 Å². The highest BCUT2D eigenvalue weighted by Crippen LogP contribution is 2.17. The Bertz CT molecular complexity index is 506. The molecule has 4 nitrogen and oxygen atoms in total. The summed E-state index contributed by atoms with van der Waals surface area (Å²) in [6, 6.07) is 6.06. The Morgan fingerprint density at radius 3 is 2.79 bits per heavy atom. The molecule has 0 saturated heterocycles. The minimum atomic E-state index is 0.173. The van der Waals surface area contributed by atoms with Crippen LogP contribution in [-0.2, 0) is 13.5 Å². The second kappa shape index (κ2) is 6.68. The van der Waals surface area contributed by atoms with Crippen LogP contribution in [0.4, 0.5) is 0 Å². The number of pyridine rings is 1. The number of nitrogens with one attached hydrogen (secondary N) is 1. The molecule has 1 unspecified atom stereocenters. The summed E-state index contributed by atoms with van der Waals surface area (Å²) < 4.78 is 1.82. The van der Waals surface area contributed by atoms with Gasteiger partial charge >= 0.3 is 0 Å². The van der Waals surface area contributed by atoms with E-state index in [0.717, 1.165) is 30.8 Å². The number of halogens is 1. The Hall–Kier alpha value is -1.39. The van der Waals surface area contributed by atoms with Gasteiger partial charge in [-0.3, -0.25) is 9.67 Å². The molecule has 0 amide bonds. The third-order valence-electron chi connectivity index (χ3n) is 2.93. The highest BCUT2D eigenvalue weighted by molar-refractivity contribution is 6.30. The number of hydrogen-bond donors (Lipinski definition) is 1. The molecule has 0 aliphatic rings. The molecule has 0 aromatic carbocycles. The van der Waals surface area contributed by atoms with Crippen molar-refractivity contribution in [1.82, 2.24) is 20.1 Å². The zero-order chi connectivity index (χ0) is 13.7. The zero-order valence-electron chi connectivity index (χ0n) is 11.3. The standard InChI is InChI=1S/C14H19ClN4/c1-3-7-16-14(9-12-6-8-19(2)18-12)13-5-4-11(15)10-17-13/h4-6,8,10,14,16H,3,7,9H2,1-2H3. The van der Waals surface area contributed by atoms with Gasteiger partial charge in [0.25, 0.3) is 0 Å². The van der Waals surface area contributed by atoms with E-state index in [2.05, 4.69) is 22.3 Å². The Balaban J connectivity index is 2.13. The minimum Gasteiger partial charge on any atom is -0.308 e. The van der Waals surface area contributed by atoms with E-state index in [1.54, 1.807) is 6.20 Å². The molecule has 0 saturated carbocycles. The van der Waals surface area contributed by atoms with Gasteiger partial charge in [0.15, 0.2) is 0 Å². The van der Waals surface area contributed by atoms with Crippen LogP contribution in [0.5, 0.6) is 0 Å². The monoisotopic (exact) mass is 278 g/mol. The lowest BCUT2D eigenvalue weighted by Crippen LogP contribution is -2.25. The first-order valence-electron chi connectivity index (χ1n) is 6.52. The van der Waals surface area contributed by atoms with E-state index in [9.17, 15) is 0 Å². The molecular formula is C14H19ClN4. The number of aromatic nitrogens is 3. The van der Waals surface area contributed by atoms with Gasteiger partial charge in [-0.15, -0.1) is 0 Å². The van der Waals surface area contributed by atoms with Gasteiger partial charge in [-0.25, -0.2) is 0 Å². The fourth-order valence-corrected chi connectivity index (χ4v) is 2.09. The van der Waals surface area contributed by atoms with Crippen molar-refractivity contribution >= 4 is 11.6 Å². The van der Waals surface area contributed by atoms with Crippen molar-refractivity contribution < 1.29 is 0 Å². The maximum Gasteiger partial charge on any atom is 0.0644 e. The Kier molecular flexibility index (Phi) is 4.93. The molecule has 2 heterocycles. The van der Waals surface area contributed by atoms with Crippen molar-refractivity contribution in [2.75, 3.05) is 6.54 Å². The van der Waals surface area contributed by atoms with Crippen molar-refractivity contribution in [3.8, 4) is 0 Å². The van der Waals surface area contributed by atoms with E-state index in [-0.39, 0.29) is 6.04 Å². The SMILES string of the molecule is CCCNC(Cc1ccn(C)n1)c1ccc(Cl)cn1. The first-order chi connectivity index (χ1) is 9.19. The maximum absolute atomic E-state index is 5.89. The predicted octanol–water partition coefficient (Wildman–Crippen LogP) is 2.75. The molecule has 0 aliphatic heterocycles. The minimum absolute atomic E-state index is 0.173. The van der Waals surface area contributed by atoms with Crippen LogP contribution in [0.2, 0.25) is 5.02 Å². The first kappa shape index (κ1) is 14.0. The molecule has 1 N–H and O–H groups in total. The Morgan fingerprint density at radius 1 is 1.37 bits per heavy atom. The second-order valence-corrected chi connectivity index (χ2v) is 5.03. The summed E-state index contributed by atoms with van der Waals surface area (Å²) in [5, 5.41) is 8.60. The first-order valence-corrected chi connectivity index (χ1v) is 6.90. The number of rotatable bonds is 6. The van der Waals surface area contributed by atoms with Gasteiger partial charge in [0.2, 0.25) is 0 Å². The van der Waals surface area contributed by atoms with Gasteiger partial charge < -0.3 is 5.32 Å². The molecule has 19 heavy (non-hydrogen) atoms. The number of nitrogens with zero attached hydrogens (tertiary/aromatic N) is 3. The third-order valence-corrected chi connectivity index (χ3v) is 3.15. The molecule has 0 aliphatic carbocycles. The maximum atomic E-state index is 5.89. The normalized spacial score (nSPS) is 12.6. The van der Waals surface area contributed by atoms with Crippen LogP contribution in [0.15, 0.2) is 30.6 Å². The van der Waals surface area contributed by atoms with E-state index in [1.165, 1.54) is 0 Å². The largest absolute Gasteiger partial charge is 0.308 e. The van der Waals surface area contributed by atoms with Gasteiger partial charge in [-0.05, 0) is 31.2 Å². The molecule has 102 valence electrons. The summed E-state index contributed by atoms with van der Waals surface area (Å²) in [6.07, 6.45) is 5.57. The highest BCUT2D eigenvalue weighted by atomic mass is 35.5. The van der Waals surface area contributed by atoms with E-state index >= 15 is 0 Å². The zero-order valence-corrected chi connectivity index (χ0v) is 12.1. The lowest BCUT2D eigenvalue weighted by molar-refractivity contribution is 0.510. The van der Waals surface area contributed by atoms with Crippen molar-refractivity contribution in [3.05, 3.63) is 47.0 Å². The van der Waals surface area contributed by atoms with Crippen LogP contribution in [0.3, 0.4) is 0 Å². The smallest absolute Gasteiger partial charge is 0.0644 e. The molecule has 1 atom stereocenters. The highest BCUT2D eigenvalue weighted by Gasteiger charge is 2.14. The topological polar surface area (TPSA) is 42.7 Å². The molecule has 2 aromatic heterocycles. The predicted molar refractivity (Wildman–Crippen MR) is 77.2 cm³/mol. The lowest BCUT2D eigenvalue weighted by Gasteiger charge is -2.17. The van der Waals surface area contributed by atoms with E-state index in [1.807, 2.05) is 36.1 Å². The van der Waals surface area contributed by atoms with E-state index < -0.39 is 0 Å². The van der Waals surface area contributed by atoms with Gasteiger partial charge in [0, 0.05) is 25.9 Å². The summed E-state index contributed by atoms with van der Waals surface area (Å²) in [5.41, 5.74) is 2.07. The summed E-state index contributed by atoms with van der Waals surface area (Å²) in [5.74, 6) is 0. The van der Waals surface area contributed by atoms with Gasteiger partial charge in [0.05, 0.1) is 22.5 Å². The Labute approximate surface area is 118 Å². The average Bonchev–Trinajstić information content (AvgIpc) is 2.81. The second-order valence-electron chi connectivity index (χ2n) is 4.59. The summed E-state index contributed by atoms with van der Waals surface area (Å²) in [6.45, 7) is 3.11. The van der Waals surface area contributed by atoms with Crippen molar-refractivity contribution in [1.29, 1.82) is 0 Å². The summed E-state index contributed by atoms with van der Waals surface area (Å²) in [4.78, 5) is 4.41. The quantitative estimate of drug-likeness (QED) is 0.883. The van der Waals surface area contributed by atoms with Gasteiger partial charge in [0.1, 0.15) is 0 Å². The third kappa shape index (κ3) is 4.04. The van der Waals surface area contributed by atoms with Gasteiger partial charge in [-0.1, -0.05) is 18.5 Å². The molecule has 2 aromatic rings. The summed E-state index contributed by atoms with van der Waals surface area (Å²) >= 11 is 5.89. The van der Waals surface area contributed by atoms with Crippen molar-refractivity contribution in [2.45, 2.75) is 25.8 Å². The lowest BCUT2D eigenvalue weighted by atomic mass is 10.1. The number of aryl methyl sites for hydroxylation is 1. The van der Waals surface area contributed by atoms with Crippen molar-refractivity contribution in [2.24, 2.45) is 7.05 Å². The number of hydrogen-bond acceptors (Lipinski definition) is 3. The molecule has 2 rings (SSSR count). The van der Waals surface area contributed by atoms with Crippen LogP contribution in [0.1, 0.15) is 30.8 Å². The molecule has 0 spiro atoms. The molecule has 0 bridgehead atoms. The van der Waals surface area contributed by atoms with Crippen LogP contribution in [0, 0.1) is 0 Å². The Morgan fingerprint density at radius 2 is 2.21 bits per heavy atom. The summed E-state index contributed by atoms with van der Waals surface area (Å²) in [7, 11) is 1.93. The van der Waals surface area contributed by atoms with E-state index in [0.29, 0.717) is 5.02 Å². The van der Waals surface area contributed by atoms with E-state index in [4.69, 9.17) is 11.6 Å². The van der Waals surface area contributed by atoms with Crippen molar-refractivity contribution in [3.63, 3.8) is 0 Å². The van der Waals surface area contributed by atoms with Crippen LogP contribution in [0.25, 0.3) is 0 Å². The van der Waals surface area contributed by atoms with Gasteiger partial charge in [-0.2, -0.15) is 5.10 Å². The van der Waals surface area contributed by atoms with Crippen LogP contribution < -0.4 is 5.32 Å². The fraction of sp³-hybridized carbons (Fsp3) is 0.429. The molecular weight excluding hydrogens is 260 g/mol. The average molecular weight is 279 g/mol.